The second-order valence-electron chi connectivity index (χ2n) is 6.90. The van der Waals surface area contributed by atoms with E-state index in [-0.39, 0.29) is 18.4 Å². The van der Waals surface area contributed by atoms with E-state index in [1.807, 2.05) is 23.6 Å². The first-order valence-corrected chi connectivity index (χ1v) is 9.72. The highest BCUT2D eigenvalue weighted by molar-refractivity contribution is 7.10. The third-order valence-corrected chi connectivity index (χ3v) is 5.87. The Hall–Kier alpha value is -2.22. The maximum Gasteiger partial charge on any atom is 0.251 e. The van der Waals surface area contributed by atoms with Gasteiger partial charge >= 0.3 is 0 Å². The van der Waals surface area contributed by atoms with Gasteiger partial charge in [-0.15, -0.1) is 11.3 Å². The van der Waals surface area contributed by atoms with Crippen molar-refractivity contribution in [3.8, 4) is 0 Å². The van der Waals surface area contributed by atoms with Crippen molar-refractivity contribution in [3.63, 3.8) is 0 Å². The van der Waals surface area contributed by atoms with E-state index in [9.17, 15) is 14.7 Å². The van der Waals surface area contributed by atoms with Gasteiger partial charge in [0.15, 0.2) is 0 Å². The number of hydrogen-bond acceptors (Lipinski definition) is 5. The first kappa shape index (κ1) is 19.5. The average Bonchev–Trinajstić information content (AvgIpc) is 3.18. The monoisotopic (exact) mass is 388 g/mol. The van der Waals surface area contributed by atoms with Gasteiger partial charge in [0.1, 0.15) is 6.61 Å². The Morgan fingerprint density at radius 2 is 2.04 bits per heavy atom. The van der Waals surface area contributed by atoms with Crippen molar-refractivity contribution in [1.29, 1.82) is 0 Å². The van der Waals surface area contributed by atoms with E-state index in [2.05, 4.69) is 5.32 Å². The number of carbonyl (C=O) groups excluding carboxylic acids is 2. The Morgan fingerprint density at radius 1 is 1.30 bits per heavy atom. The number of piperidine rings is 1. The predicted molar refractivity (Wildman–Crippen MR) is 104 cm³/mol. The SMILES string of the molecule is COCC(=O)N1CCC(C)(O)C(NC(=O)c2ccccc2)C1c1cccs1. The van der Waals surface area contributed by atoms with Gasteiger partial charge in [-0.05, 0) is 36.9 Å². The number of ether oxygens (including phenoxy) is 1. The number of methoxy groups -OCH3 is 1. The van der Waals surface area contributed by atoms with Crippen molar-refractivity contribution in [2.45, 2.75) is 31.0 Å². The van der Waals surface area contributed by atoms with Crippen molar-refractivity contribution < 1.29 is 19.4 Å². The van der Waals surface area contributed by atoms with E-state index in [1.165, 1.54) is 18.4 Å². The van der Waals surface area contributed by atoms with Crippen molar-refractivity contribution in [1.82, 2.24) is 10.2 Å². The average molecular weight is 388 g/mol. The van der Waals surface area contributed by atoms with Crippen LogP contribution in [0.5, 0.6) is 0 Å². The number of rotatable bonds is 5. The molecule has 0 radical (unpaired) electrons. The minimum Gasteiger partial charge on any atom is -0.388 e. The van der Waals surface area contributed by atoms with E-state index in [4.69, 9.17) is 4.74 Å². The predicted octanol–water partition coefficient (Wildman–Crippen LogP) is 2.22. The summed E-state index contributed by atoms with van der Waals surface area (Å²) in [5, 5.41) is 15.9. The molecule has 1 saturated heterocycles. The van der Waals surface area contributed by atoms with Crippen LogP contribution in [0.3, 0.4) is 0 Å². The molecule has 2 heterocycles. The highest BCUT2D eigenvalue weighted by Crippen LogP contribution is 2.39. The molecule has 27 heavy (non-hydrogen) atoms. The summed E-state index contributed by atoms with van der Waals surface area (Å²) in [4.78, 5) is 28.0. The summed E-state index contributed by atoms with van der Waals surface area (Å²) in [6.07, 6.45) is 0.365. The number of nitrogens with one attached hydrogen (secondary N) is 1. The topological polar surface area (TPSA) is 78.9 Å². The summed E-state index contributed by atoms with van der Waals surface area (Å²) in [6, 6.07) is 11.6. The van der Waals surface area contributed by atoms with Gasteiger partial charge in [0.05, 0.1) is 17.7 Å². The number of amides is 2. The number of benzene rings is 1. The molecule has 3 atom stereocenters. The molecular formula is C20H24N2O4S. The first-order chi connectivity index (χ1) is 12.9. The third kappa shape index (κ3) is 4.21. The molecule has 1 fully saturated rings. The molecule has 0 bridgehead atoms. The maximum atomic E-state index is 12.8. The Labute approximate surface area is 162 Å². The molecule has 3 unspecified atom stereocenters. The van der Waals surface area contributed by atoms with Crippen LogP contribution in [0.4, 0.5) is 0 Å². The molecule has 2 amide bonds. The second-order valence-corrected chi connectivity index (χ2v) is 7.88. The van der Waals surface area contributed by atoms with Crippen LogP contribution in [0.25, 0.3) is 0 Å². The number of hydrogen-bond donors (Lipinski definition) is 2. The Kier molecular flexibility index (Phi) is 5.94. The van der Waals surface area contributed by atoms with Gasteiger partial charge in [0.2, 0.25) is 5.91 Å². The molecule has 6 nitrogen and oxygen atoms in total. The fraction of sp³-hybridized carbons (Fsp3) is 0.400. The van der Waals surface area contributed by atoms with Gasteiger partial charge in [-0.25, -0.2) is 0 Å². The van der Waals surface area contributed by atoms with Gasteiger partial charge in [-0.1, -0.05) is 24.3 Å². The van der Waals surface area contributed by atoms with Crippen LogP contribution in [-0.2, 0) is 9.53 Å². The van der Waals surface area contributed by atoms with E-state index in [1.54, 1.807) is 36.1 Å². The Bertz CT molecular complexity index is 777. The van der Waals surface area contributed by atoms with Crippen LogP contribution in [0.15, 0.2) is 47.8 Å². The molecule has 1 aliphatic rings. The standard InChI is InChI=1S/C20H24N2O4S/c1-20(25)10-11-22(16(23)13-26-2)17(15-9-6-12-27-15)18(20)21-19(24)14-7-4-3-5-8-14/h3-9,12,17-18,25H,10-11,13H2,1-2H3,(H,21,24). The molecule has 144 valence electrons. The van der Waals surface area contributed by atoms with Gasteiger partial charge in [-0.2, -0.15) is 0 Å². The minimum atomic E-state index is -1.15. The summed E-state index contributed by atoms with van der Waals surface area (Å²) in [5.41, 5.74) is -0.637. The van der Waals surface area contributed by atoms with Crippen molar-refractivity contribution in [2.24, 2.45) is 0 Å². The lowest BCUT2D eigenvalue weighted by Crippen LogP contribution is -2.63. The van der Waals surface area contributed by atoms with E-state index in [0.717, 1.165) is 4.88 Å². The zero-order valence-corrected chi connectivity index (χ0v) is 16.2. The molecule has 1 aliphatic heterocycles. The summed E-state index contributed by atoms with van der Waals surface area (Å²) < 4.78 is 5.02. The lowest BCUT2D eigenvalue weighted by atomic mass is 9.81. The molecule has 0 saturated carbocycles. The lowest BCUT2D eigenvalue weighted by Gasteiger charge is -2.48. The summed E-state index contributed by atoms with van der Waals surface area (Å²) in [5.74, 6) is -0.436. The van der Waals surface area contributed by atoms with Crippen LogP contribution in [0.1, 0.15) is 34.6 Å². The largest absolute Gasteiger partial charge is 0.388 e. The number of carbonyl (C=O) groups is 2. The van der Waals surface area contributed by atoms with Crippen LogP contribution < -0.4 is 5.32 Å². The number of thiophene rings is 1. The highest BCUT2D eigenvalue weighted by Gasteiger charge is 2.48. The fourth-order valence-corrected chi connectivity index (χ4v) is 4.35. The van der Waals surface area contributed by atoms with E-state index >= 15 is 0 Å². The zero-order valence-electron chi connectivity index (χ0n) is 15.4. The van der Waals surface area contributed by atoms with Crippen LogP contribution in [0.2, 0.25) is 0 Å². The minimum absolute atomic E-state index is 0.0383. The number of nitrogens with zero attached hydrogens (tertiary/aromatic N) is 1. The van der Waals surface area contributed by atoms with Gasteiger partial charge < -0.3 is 20.1 Å². The quantitative estimate of drug-likeness (QED) is 0.823. The first-order valence-electron chi connectivity index (χ1n) is 8.84. The smallest absolute Gasteiger partial charge is 0.251 e. The van der Waals surface area contributed by atoms with Gasteiger partial charge in [0.25, 0.3) is 5.91 Å². The molecule has 1 aromatic heterocycles. The van der Waals surface area contributed by atoms with Crippen LogP contribution >= 0.6 is 11.3 Å². The Balaban J connectivity index is 1.95. The molecular weight excluding hydrogens is 364 g/mol. The molecule has 1 aromatic carbocycles. The second kappa shape index (κ2) is 8.21. The Morgan fingerprint density at radius 3 is 2.67 bits per heavy atom. The van der Waals surface area contributed by atoms with Crippen LogP contribution in [-0.4, -0.2) is 53.7 Å². The molecule has 0 spiro atoms. The number of likely N-dealkylation sites (tertiary alicyclic amines) is 1. The fourth-order valence-electron chi connectivity index (χ4n) is 3.47. The van der Waals surface area contributed by atoms with E-state index in [0.29, 0.717) is 18.5 Å². The molecule has 2 N–H and O–H groups in total. The zero-order chi connectivity index (χ0) is 19.4. The summed E-state index contributed by atoms with van der Waals surface area (Å²) in [7, 11) is 1.48. The van der Waals surface area contributed by atoms with Gasteiger partial charge in [0, 0.05) is 24.1 Å². The third-order valence-electron chi connectivity index (χ3n) is 4.93. The molecule has 0 aliphatic carbocycles. The number of aliphatic hydroxyl groups is 1. The lowest BCUT2D eigenvalue weighted by molar-refractivity contribution is -0.146. The van der Waals surface area contributed by atoms with Gasteiger partial charge in [-0.3, -0.25) is 9.59 Å². The maximum absolute atomic E-state index is 12.8. The highest BCUT2D eigenvalue weighted by atomic mass is 32.1. The van der Waals surface area contributed by atoms with Crippen molar-refractivity contribution >= 4 is 23.2 Å². The molecule has 2 aromatic rings. The van der Waals surface area contributed by atoms with Crippen LogP contribution in [0, 0.1) is 0 Å². The summed E-state index contributed by atoms with van der Waals surface area (Å²) >= 11 is 1.50. The van der Waals surface area contributed by atoms with E-state index < -0.39 is 17.7 Å². The molecule has 3 rings (SSSR count). The van der Waals surface area contributed by atoms with Crippen molar-refractivity contribution in [3.05, 3.63) is 58.3 Å². The van der Waals surface area contributed by atoms with Crippen molar-refractivity contribution in [2.75, 3.05) is 20.3 Å². The molecule has 7 heteroatoms. The normalized spacial score (nSPS) is 25.2. The summed E-state index contributed by atoms with van der Waals surface area (Å²) in [6.45, 7) is 2.07.